The predicted molar refractivity (Wildman–Crippen MR) is 106 cm³/mol. The van der Waals surface area contributed by atoms with Crippen molar-refractivity contribution in [1.82, 2.24) is 15.5 Å². The van der Waals surface area contributed by atoms with Crippen LogP contribution >= 0.6 is 11.8 Å². The van der Waals surface area contributed by atoms with Crippen LogP contribution in [0.15, 0.2) is 75.2 Å². The summed E-state index contributed by atoms with van der Waals surface area (Å²) in [5.74, 6) is -0.291. The van der Waals surface area contributed by atoms with Crippen LogP contribution in [0.2, 0.25) is 0 Å². The highest BCUT2D eigenvalue weighted by Crippen LogP contribution is 2.47. The third kappa shape index (κ3) is 3.73. The van der Waals surface area contributed by atoms with E-state index in [9.17, 15) is 9.59 Å². The fraction of sp³-hybridized carbons (Fsp3) is 0.150. The number of anilines is 2. The lowest BCUT2D eigenvalue weighted by Gasteiger charge is -2.32. The first-order chi connectivity index (χ1) is 13.2. The van der Waals surface area contributed by atoms with Gasteiger partial charge in [0.1, 0.15) is 5.69 Å². The number of para-hydroxylation sites is 2. The second-order valence-electron chi connectivity index (χ2n) is 6.11. The summed E-state index contributed by atoms with van der Waals surface area (Å²) in [4.78, 5) is 27.9. The molecule has 27 heavy (non-hydrogen) atoms. The molecule has 2 heterocycles. The fourth-order valence-electron chi connectivity index (χ4n) is 3.02. The Morgan fingerprint density at radius 1 is 1.00 bits per heavy atom. The SMILES string of the molecule is O=C(NCCCN1c2ccccc2Sc2ccccc21)c1ccc(=O)[nH]n1. The van der Waals surface area contributed by atoms with Crippen molar-refractivity contribution >= 4 is 29.0 Å². The van der Waals surface area contributed by atoms with Crippen molar-refractivity contribution in [2.75, 3.05) is 18.0 Å². The van der Waals surface area contributed by atoms with E-state index in [1.807, 2.05) is 12.1 Å². The minimum Gasteiger partial charge on any atom is -0.351 e. The molecule has 0 fully saturated rings. The Balaban J connectivity index is 1.42. The first kappa shape index (κ1) is 17.4. The monoisotopic (exact) mass is 378 g/mol. The summed E-state index contributed by atoms with van der Waals surface area (Å²) in [7, 11) is 0. The van der Waals surface area contributed by atoms with Crippen molar-refractivity contribution in [1.29, 1.82) is 0 Å². The number of nitrogens with zero attached hydrogens (tertiary/aromatic N) is 2. The lowest BCUT2D eigenvalue weighted by Crippen LogP contribution is -2.30. The summed E-state index contributed by atoms with van der Waals surface area (Å²) in [6, 6.07) is 19.4. The predicted octanol–water partition coefficient (Wildman–Crippen LogP) is 3.19. The molecule has 3 aromatic rings. The summed E-state index contributed by atoms with van der Waals surface area (Å²) >= 11 is 1.78. The molecule has 0 bridgehead atoms. The van der Waals surface area contributed by atoms with Gasteiger partial charge in [-0.3, -0.25) is 9.59 Å². The Morgan fingerprint density at radius 3 is 2.30 bits per heavy atom. The van der Waals surface area contributed by atoms with E-state index in [1.165, 1.54) is 33.3 Å². The topological polar surface area (TPSA) is 78.1 Å². The molecule has 0 radical (unpaired) electrons. The molecular formula is C20H18N4O2S. The zero-order valence-electron chi connectivity index (χ0n) is 14.5. The number of benzene rings is 2. The molecule has 1 aliphatic rings. The lowest BCUT2D eigenvalue weighted by atomic mass is 10.2. The fourth-order valence-corrected chi connectivity index (χ4v) is 4.12. The van der Waals surface area contributed by atoms with Crippen molar-refractivity contribution in [3.8, 4) is 0 Å². The Morgan fingerprint density at radius 2 is 1.67 bits per heavy atom. The molecule has 0 spiro atoms. The van der Waals surface area contributed by atoms with Gasteiger partial charge in [0.15, 0.2) is 0 Å². The molecule has 1 aromatic heterocycles. The first-order valence-electron chi connectivity index (χ1n) is 8.70. The van der Waals surface area contributed by atoms with Gasteiger partial charge in [-0.25, -0.2) is 5.10 Å². The molecule has 6 nitrogen and oxygen atoms in total. The van der Waals surface area contributed by atoms with Gasteiger partial charge in [-0.05, 0) is 36.8 Å². The van der Waals surface area contributed by atoms with E-state index in [1.54, 1.807) is 11.8 Å². The van der Waals surface area contributed by atoms with Crippen LogP contribution in [-0.4, -0.2) is 29.2 Å². The average Bonchev–Trinajstić information content (AvgIpc) is 2.70. The maximum absolute atomic E-state index is 12.1. The van der Waals surface area contributed by atoms with Crippen LogP contribution < -0.4 is 15.8 Å². The summed E-state index contributed by atoms with van der Waals surface area (Å²) in [6.45, 7) is 1.31. The first-order valence-corrected chi connectivity index (χ1v) is 9.51. The highest BCUT2D eigenvalue weighted by molar-refractivity contribution is 7.99. The zero-order chi connectivity index (χ0) is 18.6. The van der Waals surface area contributed by atoms with Crippen LogP contribution in [0.3, 0.4) is 0 Å². The van der Waals surface area contributed by atoms with Crippen LogP contribution in [0, 0.1) is 0 Å². The molecule has 2 aromatic carbocycles. The quantitative estimate of drug-likeness (QED) is 0.667. The van der Waals surface area contributed by atoms with Gasteiger partial charge in [-0.2, -0.15) is 5.10 Å². The number of carbonyl (C=O) groups is 1. The van der Waals surface area contributed by atoms with Gasteiger partial charge in [-0.15, -0.1) is 0 Å². The van der Waals surface area contributed by atoms with E-state index in [-0.39, 0.29) is 17.2 Å². The minimum absolute atomic E-state index is 0.208. The second kappa shape index (κ2) is 7.67. The van der Waals surface area contributed by atoms with Gasteiger partial charge in [0, 0.05) is 28.9 Å². The largest absolute Gasteiger partial charge is 0.351 e. The molecule has 4 rings (SSSR count). The van der Waals surface area contributed by atoms with Crippen molar-refractivity contribution < 1.29 is 4.79 Å². The van der Waals surface area contributed by atoms with E-state index in [0.717, 1.165) is 13.0 Å². The number of rotatable bonds is 5. The second-order valence-corrected chi connectivity index (χ2v) is 7.19. The summed E-state index contributed by atoms with van der Waals surface area (Å²) in [5, 5.41) is 8.86. The summed E-state index contributed by atoms with van der Waals surface area (Å²) in [6.07, 6.45) is 0.780. The van der Waals surface area contributed by atoms with E-state index < -0.39 is 0 Å². The number of fused-ring (bicyclic) bond motifs is 2. The Bertz CT molecular complexity index is 968. The maximum atomic E-state index is 12.1. The average molecular weight is 378 g/mol. The van der Waals surface area contributed by atoms with E-state index in [0.29, 0.717) is 6.54 Å². The van der Waals surface area contributed by atoms with E-state index in [4.69, 9.17) is 0 Å². The Hall–Kier alpha value is -3.06. The van der Waals surface area contributed by atoms with E-state index >= 15 is 0 Å². The van der Waals surface area contributed by atoms with Crippen LogP contribution in [0.1, 0.15) is 16.9 Å². The number of nitrogens with one attached hydrogen (secondary N) is 2. The maximum Gasteiger partial charge on any atom is 0.271 e. The van der Waals surface area contributed by atoms with Crippen LogP contribution in [0.5, 0.6) is 0 Å². The number of carbonyl (C=O) groups excluding carboxylic acids is 1. The van der Waals surface area contributed by atoms with Gasteiger partial charge in [0.2, 0.25) is 0 Å². The van der Waals surface area contributed by atoms with Gasteiger partial charge in [0.25, 0.3) is 11.5 Å². The third-order valence-corrected chi connectivity index (χ3v) is 5.42. The molecule has 0 saturated carbocycles. The molecule has 0 atom stereocenters. The minimum atomic E-state index is -0.327. The zero-order valence-corrected chi connectivity index (χ0v) is 15.3. The van der Waals surface area contributed by atoms with Crippen molar-refractivity contribution in [3.05, 3.63) is 76.7 Å². The van der Waals surface area contributed by atoms with Crippen molar-refractivity contribution in [2.24, 2.45) is 0 Å². The van der Waals surface area contributed by atoms with Gasteiger partial charge < -0.3 is 10.2 Å². The van der Waals surface area contributed by atoms with E-state index in [2.05, 4.69) is 56.8 Å². The number of hydrogen-bond donors (Lipinski definition) is 2. The molecule has 0 saturated heterocycles. The number of hydrogen-bond acceptors (Lipinski definition) is 5. The molecule has 0 unspecified atom stereocenters. The van der Waals surface area contributed by atoms with Gasteiger partial charge in [-0.1, -0.05) is 36.0 Å². The van der Waals surface area contributed by atoms with Crippen molar-refractivity contribution in [3.63, 3.8) is 0 Å². The number of aromatic amines is 1. The van der Waals surface area contributed by atoms with Gasteiger partial charge in [0.05, 0.1) is 11.4 Å². The lowest BCUT2D eigenvalue weighted by molar-refractivity contribution is 0.0947. The number of H-pyrrole nitrogens is 1. The third-order valence-electron chi connectivity index (χ3n) is 4.29. The molecule has 0 aliphatic carbocycles. The highest BCUT2D eigenvalue weighted by atomic mass is 32.2. The molecular weight excluding hydrogens is 360 g/mol. The highest BCUT2D eigenvalue weighted by Gasteiger charge is 2.22. The van der Waals surface area contributed by atoms with Crippen LogP contribution in [0.4, 0.5) is 11.4 Å². The summed E-state index contributed by atoms with van der Waals surface area (Å²) < 4.78 is 0. The Kier molecular flexibility index (Phi) is 4.93. The smallest absolute Gasteiger partial charge is 0.271 e. The van der Waals surface area contributed by atoms with Crippen LogP contribution in [0.25, 0.3) is 0 Å². The molecule has 136 valence electrons. The molecule has 1 amide bonds. The van der Waals surface area contributed by atoms with Crippen molar-refractivity contribution in [2.45, 2.75) is 16.2 Å². The van der Waals surface area contributed by atoms with Crippen LogP contribution in [-0.2, 0) is 0 Å². The number of amides is 1. The molecule has 1 aliphatic heterocycles. The normalized spacial score (nSPS) is 12.2. The standard InChI is InChI=1S/C20H18N4O2S/c25-19-11-10-14(22-23-19)20(26)21-12-5-13-24-15-6-1-3-8-17(15)27-18-9-4-2-7-16(18)24/h1-4,6-11H,5,12-13H2,(H,21,26)(H,23,25). The number of aromatic nitrogens is 2. The molecule has 2 N–H and O–H groups in total. The molecule has 7 heteroatoms. The summed E-state index contributed by atoms with van der Waals surface area (Å²) in [5.41, 5.74) is 2.26. The van der Waals surface area contributed by atoms with Gasteiger partial charge >= 0.3 is 0 Å². The Labute approximate surface area is 160 Å².